The third-order valence-corrected chi connectivity index (χ3v) is 3.36. The number of carbonyl (C=O) groups excluding carboxylic acids is 1. The maximum Gasteiger partial charge on any atom is 0.256 e. The monoisotopic (exact) mass is 273 g/mol. The molecule has 1 aromatic rings. The number of benzene rings is 1. The van der Waals surface area contributed by atoms with Crippen LogP contribution in [0.3, 0.4) is 0 Å². The summed E-state index contributed by atoms with van der Waals surface area (Å²) >= 11 is 0. The molecule has 0 spiro atoms. The Balaban J connectivity index is 2.21. The van der Waals surface area contributed by atoms with Crippen molar-refractivity contribution in [2.75, 3.05) is 12.0 Å². The zero-order chi connectivity index (χ0) is 14.5. The number of anilines is 1. The summed E-state index contributed by atoms with van der Waals surface area (Å²) in [6, 6.07) is 7.40. The predicted molar refractivity (Wildman–Crippen MR) is 80.4 cm³/mol. The minimum atomic E-state index is -0.0430. The van der Waals surface area contributed by atoms with E-state index in [9.17, 15) is 4.79 Å². The number of carbonyl (C=O) groups is 1. The van der Waals surface area contributed by atoms with E-state index >= 15 is 0 Å². The minimum absolute atomic E-state index is 0.0430. The summed E-state index contributed by atoms with van der Waals surface area (Å²) in [7, 11) is 0. The molecule has 0 saturated carbocycles. The summed E-state index contributed by atoms with van der Waals surface area (Å²) in [6.45, 7) is 2.59. The maximum absolute atomic E-state index is 12.6. The molecular weight excluding hydrogens is 254 g/mol. The highest BCUT2D eigenvalue weighted by Gasteiger charge is 2.31. The molecule has 2 rings (SSSR count). The first-order valence-electron chi connectivity index (χ1n) is 6.57. The average molecular weight is 273 g/mol. The molecule has 106 valence electrons. The Hall–Kier alpha value is -2.21. The first-order valence-corrected chi connectivity index (χ1v) is 6.57. The second-order valence-electron chi connectivity index (χ2n) is 4.90. The van der Waals surface area contributed by atoms with Crippen LogP contribution in [-0.2, 0) is 0 Å². The van der Waals surface area contributed by atoms with Crippen LogP contribution in [0.4, 0.5) is 5.69 Å². The quantitative estimate of drug-likeness (QED) is 0.570. The smallest absolute Gasteiger partial charge is 0.256 e. The van der Waals surface area contributed by atoms with Gasteiger partial charge in [0.1, 0.15) is 0 Å². The van der Waals surface area contributed by atoms with Gasteiger partial charge in [-0.15, -0.1) is 0 Å². The highest BCUT2D eigenvalue weighted by molar-refractivity contribution is 6.14. The number of amides is 1. The number of rotatable bonds is 4. The van der Waals surface area contributed by atoms with Gasteiger partial charge in [-0.25, -0.2) is 0 Å². The molecule has 1 saturated heterocycles. The van der Waals surface area contributed by atoms with E-state index in [1.165, 1.54) is 6.21 Å². The fourth-order valence-corrected chi connectivity index (χ4v) is 2.42. The summed E-state index contributed by atoms with van der Waals surface area (Å²) in [6.07, 6.45) is 3.21. The molecule has 0 aliphatic carbocycles. The van der Waals surface area contributed by atoms with E-state index in [-0.39, 0.29) is 18.0 Å². The fourth-order valence-electron chi connectivity index (χ4n) is 2.42. The lowest BCUT2D eigenvalue weighted by Crippen LogP contribution is -2.35. The van der Waals surface area contributed by atoms with Crippen molar-refractivity contribution in [1.29, 1.82) is 5.41 Å². The van der Waals surface area contributed by atoms with Crippen molar-refractivity contribution in [3.05, 3.63) is 29.8 Å². The molecule has 6 nitrogen and oxygen atoms in total. The van der Waals surface area contributed by atoms with Gasteiger partial charge in [0.05, 0.1) is 17.5 Å². The van der Waals surface area contributed by atoms with Gasteiger partial charge < -0.3 is 16.0 Å². The summed E-state index contributed by atoms with van der Waals surface area (Å²) in [5.41, 5.74) is 9.89. The van der Waals surface area contributed by atoms with Crippen LogP contribution < -0.4 is 11.2 Å². The van der Waals surface area contributed by atoms with Crippen LogP contribution in [0.25, 0.3) is 0 Å². The predicted octanol–water partition coefficient (Wildman–Crippen LogP) is 1.30. The number of hydrogen-bond donors (Lipinski definition) is 3. The Morgan fingerprint density at radius 1 is 1.55 bits per heavy atom. The van der Waals surface area contributed by atoms with E-state index in [1.807, 2.05) is 19.1 Å². The van der Waals surface area contributed by atoms with Crippen LogP contribution in [0.2, 0.25) is 0 Å². The Morgan fingerprint density at radius 3 is 2.95 bits per heavy atom. The van der Waals surface area contributed by atoms with Crippen molar-refractivity contribution in [3.63, 3.8) is 0 Å². The Bertz CT molecular complexity index is 528. The van der Waals surface area contributed by atoms with Crippen molar-refractivity contribution >= 4 is 24.0 Å². The maximum atomic E-state index is 12.6. The molecule has 20 heavy (non-hydrogen) atoms. The highest BCUT2D eigenvalue weighted by Crippen LogP contribution is 2.23. The fraction of sp³-hybridized carbons (Fsp3) is 0.357. The number of nitrogens with one attached hydrogen (secondary N) is 2. The lowest BCUT2D eigenvalue weighted by Gasteiger charge is -2.22. The van der Waals surface area contributed by atoms with Crippen LogP contribution in [-0.4, -0.2) is 41.9 Å². The molecule has 0 aromatic heterocycles. The first kappa shape index (κ1) is 14.2. The Kier molecular flexibility index (Phi) is 4.47. The summed E-state index contributed by atoms with van der Waals surface area (Å²) in [5.74, 6) is -0.0430. The van der Waals surface area contributed by atoms with Crippen LogP contribution in [0.1, 0.15) is 23.7 Å². The standard InChI is InChI=1S/C14H19N5O/c1-10-8-11(16)9-19(10)14(20)12-4-2-3-5-13(12)18-17-7-6-15/h2-7,10-11,15,18H,8-9,16H2,1H3/b15-6?,17-7-/t10-,11-/m1/s1. The molecule has 1 aliphatic heterocycles. The van der Waals surface area contributed by atoms with E-state index in [0.29, 0.717) is 17.8 Å². The van der Waals surface area contributed by atoms with Gasteiger partial charge in [-0.2, -0.15) is 5.10 Å². The second kappa shape index (κ2) is 6.29. The van der Waals surface area contributed by atoms with Crippen molar-refractivity contribution < 1.29 is 4.79 Å². The number of nitrogens with two attached hydrogens (primary N) is 1. The second-order valence-corrected chi connectivity index (χ2v) is 4.90. The third kappa shape index (κ3) is 3.03. The number of hydrazone groups is 1. The van der Waals surface area contributed by atoms with Crippen molar-refractivity contribution in [2.45, 2.75) is 25.4 Å². The molecule has 0 radical (unpaired) electrons. The van der Waals surface area contributed by atoms with Gasteiger partial charge in [-0.1, -0.05) is 12.1 Å². The molecule has 1 aromatic carbocycles. The zero-order valence-electron chi connectivity index (χ0n) is 11.4. The van der Waals surface area contributed by atoms with E-state index in [1.54, 1.807) is 17.0 Å². The molecule has 4 N–H and O–H groups in total. The third-order valence-electron chi connectivity index (χ3n) is 3.36. The van der Waals surface area contributed by atoms with Gasteiger partial charge in [-0.05, 0) is 25.5 Å². The molecule has 6 heteroatoms. The van der Waals surface area contributed by atoms with E-state index in [2.05, 4.69) is 10.5 Å². The number of likely N-dealkylation sites (tertiary alicyclic amines) is 1. The molecule has 1 fully saturated rings. The minimum Gasteiger partial charge on any atom is -0.334 e. The summed E-state index contributed by atoms with van der Waals surface area (Å²) in [5, 5.41) is 10.7. The topological polar surface area (TPSA) is 94.6 Å². The summed E-state index contributed by atoms with van der Waals surface area (Å²) < 4.78 is 0. The van der Waals surface area contributed by atoms with Gasteiger partial charge in [0.15, 0.2) is 0 Å². The molecule has 1 heterocycles. The molecule has 0 unspecified atom stereocenters. The van der Waals surface area contributed by atoms with Crippen molar-refractivity contribution in [1.82, 2.24) is 4.90 Å². The molecule has 1 amide bonds. The van der Waals surface area contributed by atoms with Crippen molar-refractivity contribution in [2.24, 2.45) is 10.8 Å². The lowest BCUT2D eigenvalue weighted by molar-refractivity contribution is 0.0747. The Morgan fingerprint density at radius 2 is 2.30 bits per heavy atom. The lowest BCUT2D eigenvalue weighted by atomic mass is 10.1. The molecule has 1 aliphatic rings. The highest BCUT2D eigenvalue weighted by atomic mass is 16.2. The van der Waals surface area contributed by atoms with Gasteiger partial charge in [-0.3, -0.25) is 10.2 Å². The summed E-state index contributed by atoms with van der Waals surface area (Å²) in [4.78, 5) is 14.4. The normalized spacial score (nSPS) is 22.2. The van der Waals surface area contributed by atoms with Gasteiger partial charge in [0.2, 0.25) is 0 Å². The molecule has 0 bridgehead atoms. The zero-order valence-corrected chi connectivity index (χ0v) is 11.4. The van der Waals surface area contributed by atoms with Gasteiger partial charge >= 0.3 is 0 Å². The number of para-hydroxylation sites is 1. The van der Waals surface area contributed by atoms with Gasteiger partial charge in [0, 0.05) is 24.8 Å². The molecule has 2 atom stereocenters. The SMILES string of the molecule is C[C@@H]1C[C@@H](N)CN1C(=O)c1ccccc1N/N=C\C=N. The number of nitrogens with zero attached hydrogens (tertiary/aromatic N) is 2. The van der Waals surface area contributed by atoms with Crippen LogP contribution in [0, 0.1) is 5.41 Å². The van der Waals surface area contributed by atoms with Crippen molar-refractivity contribution in [3.8, 4) is 0 Å². The largest absolute Gasteiger partial charge is 0.334 e. The van der Waals surface area contributed by atoms with Gasteiger partial charge in [0.25, 0.3) is 5.91 Å². The molecular formula is C14H19N5O. The number of hydrogen-bond acceptors (Lipinski definition) is 5. The Labute approximate surface area is 118 Å². The van der Waals surface area contributed by atoms with E-state index in [0.717, 1.165) is 12.6 Å². The first-order chi connectivity index (χ1) is 9.63. The average Bonchev–Trinajstić information content (AvgIpc) is 2.78. The van der Waals surface area contributed by atoms with E-state index in [4.69, 9.17) is 11.1 Å². The van der Waals surface area contributed by atoms with Crippen LogP contribution in [0.5, 0.6) is 0 Å². The van der Waals surface area contributed by atoms with E-state index < -0.39 is 0 Å². The van der Waals surface area contributed by atoms with Crippen LogP contribution in [0.15, 0.2) is 29.4 Å². The van der Waals surface area contributed by atoms with Crippen LogP contribution >= 0.6 is 0 Å².